The van der Waals surface area contributed by atoms with Crippen LogP contribution < -0.4 is 15.8 Å². The highest BCUT2D eigenvalue weighted by molar-refractivity contribution is 5.28. The Morgan fingerprint density at radius 3 is 2.50 bits per heavy atom. The van der Waals surface area contributed by atoms with Crippen molar-refractivity contribution in [3.05, 3.63) is 29.8 Å². The minimum Gasteiger partial charge on any atom is -0.497 e. The quantitative estimate of drug-likeness (QED) is 0.743. The zero-order valence-electron chi connectivity index (χ0n) is 8.79. The lowest BCUT2D eigenvalue weighted by molar-refractivity contribution is 0.414. The van der Waals surface area contributed by atoms with Crippen molar-refractivity contribution in [1.29, 1.82) is 0 Å². The van der Waals surface area contributed by atoms with Gasteiger partial charge in [0.15, 0.2) is 0 Å². The topological polar surface area (TPSA) is 47.3 Å². The van der Waals surface area contributed by atoms with Gasteiger partial charge in [-0.25, -0.2) is 0 Å². The highest BCUT2D eigenvalue weighted by atomic mass is 16.5. The molecule has 1 rings (SSSR count). The molecule has 0 aliphatic rings. The molecule has 1 aromatic carbocycles. The van der Waals surface area contributed by atoms with Crippen molar-refractivity contribution in [2.75, 3.05) is 20.2 Å². The van der Waals surface area contributed by atoms with Crippen LogP contribution in [0, 0.1) is 0 Å². The Balaban J connectivity index is 2.57. The number of benzene rings is 1. The van der Waals surface area contributed by atoms with Crippen LogP contribution in [0.2, 0.25) is 0 Å². The van der Waals surface area contributed by atoms with Crippen LogP contribution in [0.15, 0.2) is 24.3 Å². The summed E-state index contributed by atoms with van der Waals surface area (Å²) in [5.41, 5.74) is 6.67. The Bertz CT molecular complexity index is 258. The van der Waals surface area contributed by atoms with Gasteiger partial charge in [0.2, 0.25) is 0 Å². The maximum Gasteiger partial charge on any atom is 0.118 e. The molecule has 3 N–H and O–H groups in total. The van der Waals surface area contributed by atoms with Gasteiger partial charge in [0.05, 0.1) is 7.11 Å². The normalized spacial score (nSPS) is 12.5. The number of ether oxygens (including phenoxy) is 1. The maximum absolute atomic E-state index is 5.42. The lowest BCUT2D eigenvalue weighted by Crippen LogP contribution is -2.25. The molecule has 1 unspecified atom stereocenters. The molecule has 0 fully saturated rings. The first-order chi connectivity index (χ1) is 6.77. The summed E-state index contributed by atoms with van der Waals surface area (Å²) in [6, 6.07) is 8.40. The minimum absolute atomic E-state index is 0.337. The van der Waals surface area contributed by atoms with E-state index in [9.17, 15) is 0 Å². The van der Waals surface area contributed by atoms with E-state index in [0.717, 1.165) is 12.3 Å². The van der Waals surface area contributed by atoms with E-state index in [4.69, 9.17) is 10.5 Å². The largest absolute Gasteiger partial charge is 0.497 e. The molecule has 0 saturated carbocycles. The zero-order valence-corrected chi connectivity index (χ0v) is 8.79. The number of nitrogens with one attached hydrogen (secondary N) is 1. The van der Waals surface area contributed by atoms with Crippen molar-refractivity contribution in [2.24, 2.45) is 5.73 Å². The molecular weight excluding hydrogens is 176 g/mol. The zero-order chi connectivity index (χ0) is 10.4. The predicted molar refractivity (Wildman–Crippen MR) is 58.5 cm³/mol. The van der Waals surface area contributed by atoms with Gasteiger partial charge >= 0.3 is 0 Å². The standard InChI is InChI=1S/C11H18N2O/c1-9(13-8-7-12)10-3-5-11(14-2)6-4-10/h3-6,9,13H,7-8,12H2,1-2H3. The molecule has 14 heavy (non-hydrogen) atoms. The van der Waals surface area contributed by atoms with E-state index in [-0.39, 0.29) is 0 Å². The number of rotatable bonds is 5. The summed E-state index contributed by atoms with van der Waals surface area (Å²) in [5.74, 6) is 0.889. The smallest absolute Gasteiger partial charge is 0.118 e. The van der Waals surface area contributed by atoms with E-state index in [1.54, 1.807) is 7.11 Å². The van der Waals surface area contributed by atoms with Crippen LogP contribution in [0.25, 0.3) is 0 Å². The highest BCUT2D eigenvalue weighted by Gasteiger charge is 2.03. The van der Waals surface area contributed by atoms with Gasteiger partial charge in [0.1, 0.15) is 5.75 Å². The predicted octanol–water partition coefficient (Wildman–Crippen LogP) is 1.30. The number of hydrogen-bond donors (Lipinski definition) is 2. The first-order valence-corrected chi connectivity index (χ1v) is 4.85. The molecule has 0 aliphatic carbocycles. The van der Waals surface area contributed by atoms with Crippen molar-refractivity contribution in [1.82, 2.24) is 5.32 Å². The van der Waals surface area contributed by atoms with Crippen LogP contribution in [0.1, 0.15) is 18.5 Å². The van der Waals surface area contributed by atoms with Crippen LogP contribution in [-0.2, 0) is 0 Å². The Morgan fingerprint density at radius 2 is 2.00 bits per heavy atom. The van der Waals surface area contributed by atoms with Gasteiger partial charge < -0.3 is 15.8 Å². The second kappa shape index (κ2) is 5.62. The summed E-state index contributed by atoms with van der Waals surface area (Å²) in [5, 5.41) is 3.32. The summed E-state index contributed by atoms with van der Waals surface area (Å²) in [7, 11) is 1.67. The molecular formula is C11H18N2O. The van der Waals surface area contributed by atoms with Crippen molar-refractivity contribution in [2.45, 2.75) is 13.0 Å². The number of hydrogen-bond acceptors (Lipinski definition) is 3. The lowest BCUT2D eigenvalue weighted by Gasteiger charge is -2.13. The second-order valence-electron chi connectivity index (χ2n) is 3.24. The van der Waals surface area contributed by atoms with Crippen molar-refractivity contribution in [3.8, 4) is 5.75 Å². The van der Waals surface area contributed by atoms with E-state index in [1.165, 1.54) is 5.56 Å². The van der Waals surface area contributed by atoms with Gasteiger partial charge in [-0.3, -0.25) is 0 Å². The van der Waals surface area contributed by atoms with Crippen LogP contribution in [-0.4, -0.2) is 20.2 Å². The molecule has 0 aliphatic heterocycles. The van der Waals surface area contributed by atoms with Crippen LogP contribution in [0.3, 0.4) is 0 Å². The number of nitrogens with two attached hydrogens (primary N) is 1. The van der Waals surface area contributed by atoms with Crippen molar-refractivity contribution < 1.29 is 4.74 Å². The SMILES string of the molecule is COc1ccc(C(C)NCCN)cc1. The van der Waals surface area contributed by atoms with Gasteiger partial charge in [-0.1, -0.05) is 12.1 Å². The van der Waals surface area contributed by atoms with E-state index in [1.807, 2.05) is 12.1 Å². The van der Waals surface area contributed by atoms with Crippen LogP contribution >= 0.6 is 0 Å². The molecule has 78 valence electrons. The van der Waals surface area contributed by atoms with E-state index in [0.29, 0.717) is 12.6 Å². The molecule has 3 heteroatoms. The average molecular weight is 194 g/mol. The molecule has 0 heterocycles. The molecule has 1 aromatic rings. The summed E-state index contributed by atoms with van der Waals surface area (Å²) < 4.78 is 5.09. The Labute approximate surface area is 85.3 Å². The minimum atomic E-state index is 0.337. The second-order valence-corrected chi connectivity index (χ2v) is 3.24. The van der Waals surface area contributed by atoms with Gasteiger partial charge in [-0.05, 0) is 24.6 Å². The summed E-state index contributed by atoms with van der Waals surface area (Å²) in [6.07, 6.45) is 0. The summed E-state index contributed by atoms with van der Waals surface area (Å²) >= 11 is 0. The molecule has 1 atom stereocenters. The Kier molecular flexibility index (Phi) is 4.43. The molecule has 0 amide bonds. The van der Waals surface area contributed by atoms with E-state index < -0.39 is 0 Å². The molecule has 0 saturated heterocycles. The highest BCUT2D eigenvalue weighted by Crippen LogP contribution is 2.16. The monoisotopic (exact) mass is 194 g/mol. The lowest BCUT2D eigenvalue weighted by atomic mass is 10.1. The molecule has 0 bridgehead atoms. The fourth-order valence-corrected chi connectivity index (χ4v) is 1.31. The summed E-state index contributed by atoms with van der Waals surface area (Å²) in [6.45, 7) is 3.63. The Morgan fingerprint density at radius 1 is 1.36 bits per heavy atom. The number of methoxy groups -OCH3 is 1. The maximum atomic E-state index is 5.42. The fourth-order valence-electron chi connectivity index (χ4n) is 1.31. The van der Waals surface area contributed by atoms with Crippen molar-refractivity contribution in [3.63, 3.8) is 0 Å². The van der Waals surface area contributed by atoms with Gasteiger partial charge in [0, 0.05) is 19.1 Å². The third-order valence-electron chi connectivity index (χ3n) is 2.21. The molecule has 3 nitrogen and oxygen atoms in total. The van der Waals surface area contributed by atoms with Crippen molar-refractivity contribution >= 4 is 0 Å². The first kappa shape index (κ1) is 11.0. The third-order valence-corrected chi connectivity index (χ3v) is 2.21. The Hall–Kier alpha value is -1.06. The molecule has 0 aromatic heterocycles. The van der Waals surface area contributed by atoms with Gasteiger partial charge in [-0.15, -0.1) is 0 Å². The average Bonchev–Trinajstić information content (AvgIpc) is 2.26. The van der Waals surface area contributed by atoms with Crippen LogP contribution in [0.4, 0.5) is 0 Å². The van der Waals surface area contributed by atoms with Gasteiger partial charge in [0.25, 0.3) is 0 Å². The first-order valence-electron chi connectivity index (χ1n) is 4.85. The molecule has 0 spiro atoms. The van der Waals surface area contributed by atoms with E-state index in [2.05, 4.69) is 24.4 Å². The van der Waals surface area contributed by atoms with E-state index >= 15 is 0 Å². The van der Waals surface area contributed by atoms with Gasteiger partial charge in [-0.2, -0.15) is 0 Å². The van der Waals surface area contributed by atoms with Crippen LogP contribution in [0.5, 0.6) is 5.75 Å². The molecule has 0 radical (unpaired) electrons. The third kappa shape index (κ3) is 3.01. The summed E-state index contributed by atoms with van der Waals surface area (Å²) in [4.78, 5) is 0. The fraction of sp³-hybridized carbons (Fsp3) is 0.455.